The van der Waals surface area contributed by atoms with Crippen LogP contribution in [-0.2, 0) is 20.7 Å². The number of piperidine rings is 1. The molecule has 1 heterocycles. The van der Waals surface area contributed by atoms with Crippen LogP contribution in [0.5, 0.6) is 0 Å². The number of amides is 2. The predicted octanol–water partition coefficient (Wildman–Crippen LogP) is 1.37. The minimum Gasteiger partial charge on any atom is -0.380 e. The summed E-state index contributed by atoms with van der Waals surface area (Å²) in [6, 6.07) is 10.5. The molecule has 0 saturated carbocycles. The van der Waals surface area contributed by atoms with Gasteiger partial charge in [-0.25, -0.2) is 0 Å². The summed E-state index contributed by atoms with van der Waals surface area (Å²) in [5, 5.41) is 2.66. The number of hydrogen-bond donors (Lipinski definition) is 2. The fraction of sp³-hybridized carbons (Fsp3) is 0.579. The molecule has 1 saturated heterocycles. The number of ether oxygens (including phenoxy) is 1. The highest BCUT2D eigenvalue weighted by Gasteiger charge is 2.23. The van der Waals surface area contributed by atoms with Gasteiger partial charge in [-0.05, 0) is 30.7 Å². The lowest BCUT2D eigenvalue weighted by Gasteiger charge is -2.32. The van der Waals surface area contributed by atoms with E-state index in [1.807, 2.05) is 11.0 Å². The van der Waals surface area contributed by atoms with Gasteiger partial charge in [0.25, 0.3) is 0 Å². The summed E-state index contributed by atoms with van der Waals surface area (Å²) in [6.45, 7) is 1.85. The van der Waals surface area contributed by atoms with Crippen molar-refractivity contribution in [1.29, 1.82) is 0 Å². The third kappa shape index (κ3) is 7.32. The van der Waals surface area contributed by atoms with Crippen LogP contribution in [0.1, 0.15) is 24.8 Å². The van der Waals surface area contributed by atoms with Crippen molar-refractivity contribution in [3.8, 4) is 0 Å². The summed E-state index contributed by atoms with van der Waals surface area (Å²) in [4.78, 5) is 25.9. The van der Waals surface area contributed by atoms with Crippen molar-refractivity contribution in [3.63, 3.8) is 0 Å². The number of nitrogens with zero attached hydrogens (tertiary/aromatic N) is 1. The summed E-state index contributed by atoms with van der Waals surface area (Å²) in [5.74, 6) is 0.394. The number of halogens is 1. The summed E-state index contributed by atoms with van der Waals surface area (Å²) < 4.78 is 5.07. The number of benzene rings is 1. The van der Waals surface area contributed by atoms with Gasteiger partial charge in [-0.1, -0.05) is 30.3 Å². The van der Waals surface area contributed by atoms with E-state index in [0.717, 1.165) is 32.4 Å². The molecule has 0 bridgehead atoms. The number of rotatable bonds is 8. The number of nitrogens with two attached hydrogens (primary N) is 1. The van der Waals surface area contributed by atoms with E-state index in [2.05, 4.69) is 29.6 Å². The first-order chi connectivity index (χ1) is 12.1. The summed E-state index contributed by atoms with van der Waals surface area (Å²) in [5.41, 5.74) is 6.85. The van der Waals surface area contributed by atoms with E-state index in [1.165, 1.54) is 12.7 Å². The van der Waals surface area contributed by atoms with E-state index in [4.69, 9.17) is 10.5 Å². The highest BCUT2D eigenvalue weighted by Crippen LogP contribution is 2.21. The van der Waals surface area contributed by atoms with E-state index in [0.29, 0.717) is 5.92 Å². The van der Waals surface area contributed by atoms with Crippen molar-refractivity contribution in [2.24, 2.45) is 11.7 Å². The minimum absolute atomic E-state index is 0. The molecular formula is C19H30ClN3O3. The van der Waals surface area contributed by atoms with Gasteiger partial charge >= 0.3 is 0 Å². The molecule has 1 aromatic rings. The van der Waals surface area contributed by atoms with Crippen molar-refractivity contribution < 1.29 is 14.3 Å². The lowest BCUT2D eigenvalue weighted by atomic mass is 9.90. The van der Waals surface area contributed by atoms with Crippen LogP contribution < -0.4 is 11.1 Å². The lowest BCUT2D eigenvalue weighted by Crippen LogP contribution is -2.45. The van der Waals surface area contributed by atoms with Gasteiger partial charge in [-0.3, -0.25) is 9.59 Å². The van der Waals surface area contributed by atoms with Gasteiger partial charge in [0, 0.05) is 26.7 Å². The third-order valence-corrected chi connectivity index (χ3v) is 4.78. The van der Waals surface area contributed by atoms with Crippen LogP contribution in [-0.4, -0.2) is 56.1 Å². The Kier molecular flexibility index (Phi) is 10.2. The van der Waals surface area contributed by atoms with Gasteiger partial charge in [0.05, 0.1) is 19.1 Å². The molecular weight excluding hydrogens is 354 g/mol. The lowest BCUT2D eigenvalue weighted by molar-refractivity contribution is -0.134. The van der Waals surface area contributed by atoms with Gasteiger partial charge < -0.3 is 20.7 Å². The molecule has 6 nitrogen and oxygen atoms in total. The van der Waals surface area contributed by atoms with Crippen molar-refractivity contribution in [2.45, 2.75) is 31.8 Å². The number of hydrogen-bond acceptors (Lipinski definition) is 4. The van der Waals surface area contributed by atoms with Crippen molar-refractivity contribution in [2.75, 3.05) is 33.3 Å². The fourth-order valence-corrected chi connectivity index (χ4v) is 3.16. The monoisotopic (exact) mass is 383 g/mol. The normalized spacial score (nSPS) is 15.8. The SMILES string of the molecule is COC(CN)CC(=O)NCC(=O)N1CCC(Cc2ccccc2)CC1.Cl. The first-order valence-electron chi connectivity index (χ1n) is 8.93. The number of likely N-dealkylation sites (tertiary alicyclic amines) is 1. The molecule has 1 fully saturated rings. The zero-order valence-electron chi connectivity index (χ0n) is 15.4. The quantitative estimate of drug-likeness (QED) is 0.710. The Morgan fingerprint density at radius 2 is 1.92 bits per heavy atom. The Bertz CT molecular complexity index is 544. The third-order valence-electron chi connectivity index (χ3n) is 4.78. The second-order valence-corrected chi connectivity index (χ2v) is 6.59. The smallest absolute Gasteiger partial charge is 0.241 e. The molecule has 1 aliphatic heterocycles. The molecule has 26 heavy (non-hydrogen) atoms. The van der Waals surface area contributed by atoms with E-state index in [9.17, 15) is 9.59 Å². The maximum absolute atomic E-state index is 12.2. The topological polar surface area (TPSA) is 84.7 Å². The average Bonchev–Trinajstić information content (AvgIpc) is 2.65. The van der Waals surface area contributed by atoms with E-state index >= 15 is 0 Å². The van der Waals surface area contributed by atoms with Crippen LogP contribution in [0.3, 0.4) is 0 Å². The van der Waals surface area contributed by atoms with E-state index in [-0.39, 0.29) is 49.8 Å². The van der Waals surface area contributed by atoms with Crippen molar-refractivity contribution in [3.05, 3.63) is 35.9 Å². The van der Waals surface area contributed by atoms with Crippen molar-refractivity contribution >= 4 is 24.2 Å². The molecule has 146 valence electrons. The first kappa shape index (κ1) is 22.4. The molecule has 1 aliphatic rings. The summed E-state index contributed by atoms with van der Waals surface area (Å²) >= 11 is 0. The number of carbonyl (C=O) groups excluding carboxylic acids is 2. The van der Waals surface area contributed by atoms with Gasteiger partial charge in [-0.15, -0.1) is 12.4 Å². The molecule has 0 radical (unpaired) electrons. The number of methoxy groups -OCH3 is 1. The summed E-state index contributed by atoms with van der Waals surface area (Å²) in [6.07, 6.45) is 2.96. The molecule has 0 spiro atoms. The molecule has 1 aromatic carbocycles. The van der Waals surface area contributed by atoms with Gasteiger partial charge in [0.15, 0.2) is 0 Å². The molecule has 2 rings (SSSR count). The van der Waals surface area contributed by atoms with E-state index in [1.54, 1.807) is 0 Å². The van der Waals surface area contributed by atoms with Crippen molar-refractivity contribution in [1.82, 2.24) is 10.2 Å². The molecule has 7 heteroatoms. The number of carbonyl (C=O) groups is 2. The average molecular weight is 384 g/mol. The Morgan fingerprint density at radius 1 is 1.27 bits per heavy atom. The van der Waals surface area contributed by atoms with Crippen LogP contribution in [0.25, 0.3) is 0 Å². The van der Waals surface area contributed by atoms with Crippen LogP contribution in [0.4, 0.5) is 0 Å². The molecule has 3 N–H and O–H groups in total. The zero-order valence-corrected chi connectivity index (χ0v) is 16.2. The Labute approximate surface area is 161 Å². The second-order valence-electron chi connectivity index (χ2n) is 6.59. The maximum atomic E-state index is 12.2. The largest absolute Gasteiger partial charge is 0.380 e. The van der Waals surface area contributed by atoms with Crippen LogP contribution in [0.2, 0.25) is 0 Å². The molecule has 2 amide bonds. The second kappa shape index (κ2) is 11.9. The van der Waals surface area contributed by atoms with Gasteiger partial charge in [0.1, 0.15) is 0 Å². The van der Waals surface area contributed by atoms with E-state index < -0.39 is 0 Å². The standard InChI is InChI=1S/C19H29N3O3.ClH/c1-25-17(13-20)12-18(23)21-14-19(24)22-9-7-16(8-10-22)11-15-5-3-2-4-6-15;/h2-6,16-17H,7-14,20H2,1H3,(H,21,23);1H. The first-order valence-corrected chi connectivity index (χ1v) is 8.93. The molecule has 0 aliphatic carbocycles. The summed E-state index contributed by atoms with van der Waals surface area (Å²) in [7, 11) is 1.52. The highest BCUT2D eigenvalue weighted by molar-refractivity contribution is 5.85. The Hall–Kier alpha value is -1.63. The molecule has 1 unspecified atom stereocenters. The fourth-order valence-electron chi connectivity index (χ4n) is 3.16. The highest BCUT2D eigenvalue weighted by atomic mass is 35.5. The number of nitrogens with one attached hydrogen (secondary N) is 1. The predicted molar refractivity (Wildman–Crippen MR) is 104 cm³/mol. The minimum atomic E-state index is -0.302. The van der Waals surface area contributed by atoms with Gasteiger partial charge in [0.2, 0.25) is 11.8 Å². The van der Waals surface area contributed by atoms with Crippen LogP contribution >= 0.6 is 12.4 Å². The van der Waals surface area contributed by atoms with Gasteiger partial charge in [-0.2, -0.15) is 0 Å². The molecule has 1 atom stereocenters. The Morgan fingerprint density at radius 3 is 2.50 bits per heavy atom. The van der Waals surface area contributed by atoms with Crippen LogP contribution in [0.15, 0.2) is 30.3 Å². The van der Waals surface area contributed by atoms with Crippen LogP contribution in [0, 0.1) is 5.92 Å². The maximum Gasteiger partial charge on any atom is 0.241 e. The zero-order chi connectivity index (χ0) is 18.1. The molecule has 0 aromatic heterocycles. The Balaban J connectivity index is 0.00000338.